The highest BCUT2D eigenvalue weighted by Gasteiger charge is 2.22. The molecule has 3 aromatic rings. The number of nitrogens with zero attached hydrogens (tertiary/aromatic N) is 2. The average Bonchev–Trinajstić information content (AvgIpc) is 3.26. The van der Waals surface area contributed by atoms with Crippen LogP contribution in [0.1, 0.15) is 31.2 Å². The predicted molar refractivity (Wildman–Crippen MR) is 129 cm³/mol. The normalized spacial score (nSPS) is 11.2. The average molecular weight is 471 g/mol. The van der Waals surface area contributed by atoms with Crippen molar-refractivity contribution >= 4 is 35.7 Å². The van der Waals surface area contributed by atoms with Gasteiger partial charge in [0.15, 0.2) is 0 Å². The number of nitrogens with two attached hydrogens (primary N) is 1. The van der Waals surface area contributed by atoms with Gasteiger partial charge in [-0.2, -0.15) is 5.10 Å². The number of hydrogen-bond donors (Lipinski definition) is 4. The topological polar surface area (TPSA) is 135 Å². The minimum absolute atomic E-state index is 0. The molecule has 0 fully saturated rings. The fourth-order valence-corrected chi connectivity index (χ4v) is 3.09. The molecule has 2 aromatic carbocycles. The van der Waals surface area contributed by atoms with Crippen molar-refractivity contribution in [1.82, 2.24) is 15.1 Å². The molecule has 0 aliphatic rings. The first-order valence-electron chi connectivity index (χ1n) is 10.1. The Hall–Kier alpha value is -3.69. The van der Waals surface area contributed by atoms with Crippen molar-refractivity contribution in [1.29, 1.82) is 5.41 Å². The van der Waals surface area contributed by atoms with Gasteiger partial charge in [-0.05, 0) is 30.7 Å². The maximum atomic E-state index is 12.8. The molecule has 1 aromatic heterocycles. The summed E-state index contributed by atoms with van der Waals surface area (Å²) in [7, 11) is 0. The maximum Gasteiger partial charge on any atom is 0.272 e. The van der Waals surface area contributed by atoms with Gasteiger partial charge in [-0.15, -0.1) is 12.4 Å². The van der Waals surface area contributed by atoms with Gasteiger partial charge in [0.2, 0.25) is 12.1 Å². The van der Waals surface area contributed by atoms with Crippen molar-refractivity contribution in [3.63, 3.8) is 0 Å². The third kappa shape index (κ3) is 6.90. The van der Waals surface area contributed by atoms with E-state index in [1.807, 2.05) is 25.1 Å². The van der Waals surface area contributed by atoms with Gasteiger partial charge in [0, 0.05) is 43.1 Å². The van der Waals surface area contributed by atoms with E-state index in [1.54, 1.807) is 42.6 Å². The molecule has 0 radical (unpaired) electrons. The minimum atomic E-state index is -0.927. The molecule has 3 rings (SSSR count). The van der Waals surface area contributed by atoms with Gasteiger partial charge in [-0.3, -0.25) is 15.0 Å². The Bertz CT molecular complexity index is 1110. The van der Waals surface area contributed by atoms with Crippen molar-refractivity contribution in [2.24, 2.45) is 5.73 Å². The molecule has 0 aliphatic heterocycles. The second-order valence-electron chi connectivity index (χ2n) is 7.08. The van der Waals surface area contributed by atoms with Crippen LogP contribution in [-0.4, -0.2) is 34.0 Å². The van der Waals surface area contributed by atoms with E-state index in [-0.39, 0.29) is 30.1 Å². The number of halogens is 1. The number of amidine groups is 1. The van der Waals surface area contributed by atoms with E-state index in [9.17, 15) is 9.59 Å². The van der Waals surface area contributed by atoms with Gasteiger partial charge < -0.3 is 21.1 Å². The first-order chi connectivity index (χ1) is 15.4. The second-order valence-corrected chi connectivity index (χ2v) is 7.08. The van der Waals surface area contributed by atoms with Crippen LogP contribution in [0.15, 0.2) is 60.8 Å². The molecule has 0 spiro atoms. The summed E-state index contributed by atoms with van der Waals surface area (Å²) < 4.78 is 7.11. The van der Waals surface area contributed by atoms with Crippen LogP contribution in [0.4, 0.5) is 5.69 Å². The summed E-state index contributed by atoms with van der Waals surface area (Å²) in [5.74, 6) is -0.491. The molecule has 5 N–H and O–H groups in total. The van der Waals surface area contributed by atoms with Crippen molar-refractivity contribution in [3.8, 4) is 11.3 Å². The minimum Gasteiger partial charge on any atom is -0.384 e. The van der Waals surface area contributed by atoms with Gasteiger partial charge in [0.05, 0.1) is 5.69 Å². The lowest BCUT2D eigenvalue weighted by molar-refractivity contribution is -0.139. The third-order valence-corrected chi connectivity index (χ3v) is 4.61. The van der Waals surface area contributed by atoms with Crippen molar-refractivity contribution in [3.05, 3.63) is 71.9 Å². The van der Waals surface area contributed by atoms with Crippen LogP contribution in [0.5, 0.6) is 0 Å². The zero-order valence-electron chi connectivity index (χ0n) is 18.4. The summed E-state index contributed by atoms with van der Waals surface area (Å²) in [6.07, 6.45) is 0.755. The second kappa shape index (κ2) is 11.8. The number of nitrogen functional groups attached to an aromatic ring is 1. The molecule has 10 heteroatoms. The molecule has 9 nitrogen and oxygen atoms in total. The summed E-state index contributed by atoms with van der Waals surface area (Å²) in [6.45, 7) is 3.89. The fraction of sp³-hybridized carbons (Fsp3) is 0.217. The number of aromatic nitrogens is 2. The summed E-state index contributed by atoms with van der Waals surface area (Å²) >= 11 is 0. The summed E-state index contributed by atoms with van der Waals surface area (Å²) in [5, 5.41) is 17.5. The lowest BCUT2D eigenvalue weighted by Gasteiger charge is -2.17. The van der Waals surface area contributed by atoms with E-state index in [0.717, 1.165) is 11.1 Å². The molecule has 0 saturated heterocycles. The number of rotatable bonds is 9. The van der Waals surface area contributed by atoms with Gasteiger partial charge in [0.25, 0.3) is 5.91 Å². The van der Waals surface area contributed by atoms with E-state index in [1.165, 1.54) is 11.6 Å². The highest BCUT2D eigenvalue weighted by atomic mass is 35.5. The van der Waals surface area contributed by atoms with Crippen molar-refractivity contribution < 1.29 is 14.3 Å². The van der Waals surface area contributed by atoms with Crippen LogP contribution >= 0.6 is 12.4 Å². The smallest absolute Gasteiger partial charge is 0.272 e. The van der Waals surface area contributed by atoms with Crippen LogP contribution in [0, 0.1) is 5.41 Å². The lowest BCUT2D eigenvalue weighted by atomic mass is 10.1. The largest absolute Gasteiger partial charge is 0.384 e. The van der Waals surface area contributed by atoms with E-state index in [2.05, 4.69) is 15.7 Å². The fourth-order valence-electron chi connectivity index (χ4n) is 3.09. The Morgan fingerprint density at radius 1 is 1.18 bits per heavy atom. The number of nitrogens with one attached hydrogen (secondary N) is 3. The van der Waals surface area contributed by atoms with Gasteiger partial charge in [0.1, 0.15) is 5.84 Å². The van der Waals surface area contributed by atoms with Gasteiger partial charge >= 0.3 is 0 Å². The predicted octanol–water partition coefficient (Wildman–Crippen LogP) is 3.07. The molecule has 0 aliphatic carbocycles. The number of hydrogen-bond acceptors (Lipinski definition) is 5. The zero-order chi connectivity index (χ0) is 23.1. The molecule has 2 amide bonds. The van der Waals surface area contributed by atoms with Crippen LogP contribution in [0.25, 0.3) is 11.3 Å². The van der Waals surface area contributed by atoms with Crippen LogP contribution in [-0.2, 0) is 20.9 Å². The molecule has 1 heterocycles. The van der Waals surface area contributed by atoms with E-state index in [4.69, 9.17) is 15.9 Å². The molecule has 1 atom stereocenters. The summed E-state index contributed by atoms with van der Waals surface area (Å²) in [5.41, 5.74) is 9.08. The molecular weight excluding hydrogens is 444 g/mol. The first-order valence-corrected chi connectivity index (χ1v) is 10.1. The molecule has 0 saturated carbocycles. The van der Waals surface area contributed by atoms with Crippen LogP contribution < -0.4 is 16.4 Å². The van der Waals surface area contributed by atoms with Crippen LogP contribution in [0.3, 0.4) is 0 Å². The highest BCUT2D eigenvalue weighted by Crippen LogP contribution is 2.22. The quantitative estimate of drug-likeness (QED) is 0.281. The molecular formula is C23H27ClN6O3. The standard InChI is InChI=1S/C23H26N6O3.ClH/c1-3-32-23(22(31)26-14-16-7-9-17(10-8-16)21(24)25)29-12-11-20(28-29)18-5-4-6-19(13-18)27-15(2)30;/h4-13,23H,3,14H2,1-2H3,(H3,24,25)(H,26,31)(H,27,30);1H. The summed E-state index contributed by atoms with van der Waals surface area (Å²) in [6, 6.07) is 16.2. The Labute approximate surface area is 198 Å². The number of carbonyl (C=O) groups excluding carboxylic acids is 2. The SMILES string of the molecule is CCOC(C(=O)NCc1ccc(C(=N)N)cc1)n1ccc(-c2cccc(NC(C)=O)c2)n1.Cl. The zero-order valence-corrected chi connectivity index (χ0v) is 19.2. The van der Waals surface area contributed by atoms with Crippen LogP contribution in [0.2, 0.25) is 0 Å². The lowest BCUT2D eigenvalue weighted by Crippen LogP contribution is -2.34. The third-order valence-electron chi connectivity index (χ3n) is 4.61. The number of anilines is 1. The van der Waals surface area contributed by atoms with Gasteiger partial charge in [-0.25, -0.2) is 4.68 Å². The van der Waals surface area contributed by atoms with Crippen molar-refractivity contribution in [2.75, 3.05) is 11.9 Å². The van der Waals surface area contributed by atoms with E-state index in [0.29, 0.717) is 30.1 Å². The number of amides is 2. The Kier molecular flexibility index (Phi) is 9.14. The Morgan fingerprint density at radius 2 is 1.91 bits per heavy atom. The Morgan fingerprint density at radius 3 is 2.55 bits per heavy atom. The number of carbonyl (C=O) groups is 2. The maximum absolute atomic E-state index is 12.8. The summed E-state index contributed by atoms with van der Waals surface area (Å²) in [4.78, 5) is 24.1. The number of benzene rings is 2. The van der Waals surface area contributed by atoms with E-state index < -0.39 is 6.23 Å². The molecule has 0 bridgehead atoms. The number of ether oxygens (including phenoxy) is 1. The van der Waals surface area contributed by atoms with Crippen molar-refractivity contribution in [2.45, 2.75) is 26.6 Å². The van der Waals surface area contributed by atoms with Gasteiger partial charge in [-0.1, -0.05) is 36.4 Å². The highest BCUT2D eigenvalue weighted by molar-refractivity contribution is 5.94. The molecule has 174 valence electrons. The Balaban J connectivity index is 0.00000385. The molecule has 33 heavy (non-hydrogen) atoms. The monoisotopic (exact) mass is 470 g/mol. The molecule has 1 unspecified atom stereocenters. The first kappa shape index (κ1) is 25.6. The van der Waals surface area contributed by atoms with E-state index >= 15 is 0 Å².